The summed E-state index contributed by atoms with van der Waals surface area (Å²) in [5, 5.41) is 2.75. The first kappa shape index (κ1) is 14.8. The SMILES string of the molecule is CC(Sc1ncnc2ccsc12)C(=O)c1ccc2c(c1)CCC2. The summed E-state index contributed by atoms with van der Waals surface area (Å²) in [4.78, 5) is 21.4. The topological polar surface area (TPSA) is 42.9 Å². The zero-order valence-corrected chi connectivity index (χ0v) is 14.4. The molecule has 2 aromatic heterocycles. The number of aromatic nitrogens is 2. The van der Waals surface area contributed by atoms with Crippen LogP contribution in [0.5, 0.6) is 0 Å². The average molecular weight is 340 g/mol. The first-order chi connectivity index (χ1) is 11.2. The quantitative estimate of drug-likeness (QED) is 0.397. The lowest BCUT2D eigenvalue weighted by molar-refractivity contribution is 0.0994. The van der Waals surface area contributed by atoms with Crippen LogP contribution in [-0.2, 0) is 12.8 Å². The molecule has 23 heavy (non-hydrogen) atoms. The van der Waals surface area contributed by atoms with Crippen molar-refractivity contribution in [1.29, 1.82) is 0 Å². The number of fused-ring (bicyclic) bond motifs is 2. The molecule has 0 N–H and O–H groups in total. The molecular weight excluding hydrogens is 324 g/mol. The number of Topliss-reactive ketones (excluding diaryl/α,β-unsaturated/α-hetero) is 1. The lowest BCUT2D eigenvalue weighted by atomic mass is 10.0. The number of benzene rings is 1. The number of thiophene rings is 1. The summed E-state index contributed by atoms with van der Waals surface area (Å²) < 4.78 is 1.06. The Morgan fingerprint density at radius 3 is 3.00 bits per heavy atom. The van der Waals surface area contributed by atoms with Crippen molar-refractivity contribution in [2.75, 3.05) is 0 Å². The van der Waals surface area contributed by atoms with Crippen LogP contribution < -0.4 is 0 Å². The standard InChI is InChI=1S/C18H16N2OS2/c1-11(23-18-17-15(7-8-22-17)19-10-20-18)16(21)14-6-5-12-3-2-4-13(12)9-14/h5-11H,2-4H2,1H3. The van der Waals surface area contributed by atoms with E-state index in [1.54, 1.807) is 17.7 Å². The van der Waals surface area contributed by atoms with E-state index in [0.29, 0.717) is 0 Å². The van der Waals surface area contributed by atoms with E-state index in [9.17, 15) is 4.79 Å². The molecule has 0 radical (unpaired) electrons. The molecule has 0 fully saturated rings. The fourth-order valence-corrected chi connectivity index (χ4v) is 4.95. The van der Waals surface area contributed by atoms with E-state index in [1.165, 1.54) is 29.3 Å². The lowest BCUT2D eigenvalue weighted by Crippen LogP contribution is -2.14. The highest BCUT2D eigenvalue weighted by molar-refractivity contribution is 8.00. The van der Waals surface area contributed by atoms with Crippen LogP contribution in [0.2, 0.25) is 0 Å². The third-order valence-electron chi connectivity index (χ3n) is 4.25. The summed E-state index contributed by atoms with van der Waals surface area (Å²) in [5.41, 5.74) is 4.51. The first-order valence-corrected chi connectivity index (χ1v) is 9.49. The van der Waals surface area contributed by atoms with Crippen LogP contribution in [0.15, 0.2) is 41.0 Å². The summed E-state index contributed by atoms with van der Waals surface area (Å²) in [6.45, 7) is 1.96. The summed E-state index contributed by atoms with van der Waals surface area (Å²) in [5.74, 6) is 0.174. The molecule has 0 saturated carbocycles. The summed E-state index contributed by atoms with van der Waals surface area (Å²) >= 11 is 3.15. The minimum absolute atomic E-state index is 0.158. The molecule has 3 nitrogen and oxygen atoms in total. The van der Waals surface area contributed by atoms with Crippen molar-refractivity contribution in [2.45, 2.75) is 36.5 Å². The van der Waals surface area contributed by atoms with Crippen LogP contribution in [0.25, 0.3) is 10.2 Å². The minimum atomic E-state index is -0.158. The molecule has 4 rings (SSSR count). The highest BCUT2D eigenvalue weighted by atomic mass is 32.2. The van der Waals surface area contributed by atoms with Gasteiger partial charge >= 0.3 is 0 Å². The van der Waals surface area contributed by atoms with E-state index in [1.807, 2.05) is 24.4 Å². The smallest absolute Gasteiger partial charge is 0.175 e. The third kappa shape index (κ3) is 2.79. The Labute approximate surface area is 143 Å². The zero-order chi connectivity index (χ0) is 15.8. The minimum Gasteiger partial charge on any atom is -0.293 e. The van der Waals surface area contributed by atoms with Gasteiger partial charge in [0.2, 0.25) is 0 Å². The summed E-state index contributed by atoms with van der Waals surface area (Å²) in [6, 6.07) is 8.17. The van der Waals surface area contributed by atoms with Gasteiger partial charge in [0.05, 0.1) is 15.5 Å². The first-order valence-electron chi connectivity index (χ1n) is 7.73. The monoisotopic (exact) mass is 340 g/mol. The van der Waals surface area contributed by atoms with Crippen LogP contribution in [0.3, 0.4) is 0 Å². The van der Waals surface area contributed by atoms with Crippen LogP contribution in [0, 0.1) is 0 Å². The fourth-order valence-electron chi connectivity index (χ4n) is 3.03. The Morgan fingerprint density at radius 1 is 1.22 bits per heavy atom. The maximum Gasteiger partial charge on any atom is 0.175 e. The van der Waals surface area contributed by atoms with E-state index in [4.69, 9.17) is 0 Å². The molecule has 0 amide bonds. The molecule has 0 saturated heterocycles. The van der Waals surface area contributed by atoms with Crippen molar-refractivity contribution in [1.82, 2.24) is 9.97 Å². The van der Waals surface area contributed by atoms with Crippen molar-refractivity contribution in [3.8, 4) is 0 Å². The molecule has 5 heteroatoms. The normalized spacial score (nSPS) is 14.8. The van der Waals surface area contributed by atoms with Crippen molar-refractivity contribution < 1.29 is 4.79 Å². The van der Waals surface area contributed by atoms with Gasteiger partial charge in [0.15, 0.2) is 5.78 Å². The molecule has 1 unspecified atom stereocenters. The van der Waals surface area contributed by atoms with Gasteiger partial charge in [-0.05, 0) is 54.8 Å². The number of thioether (sulfide) groups is 1. The van der Waals surface area contributed by atoms with Crippen LogP contribution in [0.4, 0.5) is 0 Å². The molecule has 0 bridgehead atoms. The number of aryl methyl sites for hydroxylation is 2. The Balaban J connectivity index is 1.58. The van der Waals surface area contributed by atoms with Gasteiger partial charge in [-0.15, -0.1) is 11.3 Å². The molecule has 2 heterocycles. The number of hydrogen-bond acceptors (Lipinski definition) is 5. The Hall–Kier alpha value is -1.72. The molecule has 1 atom stereocenters. The average Bonchev–Trinajstić information content (AvgIpc) is 3.22. The molecule has 1 aliphatic rings. The van der Waals surface area contributed by atoms with Gasteiger partial charge < -0.3 is 0 Å². The molecule has 0 spiro atoms. The van der Waals surface area contributed by atoms with Gasteiger partial charge in [-0.1, -0.05) is 23.9 Å². The molecular formula is C18H16N2OS2. The Bertz CT molecular complexity index is 888. The predicted molar refractivity (Wildman–Crippen MR) is 95.5 cm³/mol. The highest BCUT2D eigenvalue weighted by Gasteiger charge is 2.21. The molecule has 0 aliphatic heterocycles. The molecule has 1 aromatic carbocycles. The number of hydrogen-bond donors (Lipinski definition) is 0. The van der Waals surface area contributed by atoms with E-state index in [0.717, 1.165) is 33.6 Å². The number of carbonyl (C=O) groups is 1. The van der Waals surface area contributed by atoms with Crippen LogP contribution in [-0.4, -0.2) is 21.0 Å². The molecule has 3 aromatic rings. The lowest BCUT2D eigenvalue weighted by Gasteiger charge is -2.11. The van der Waals surface area contributed by atoms with Crippen LogP contribution in [0.1, 0.15) is 34.8 Å². The molecule has 1 aliphatic carbocycles. The van der Waals surface area contributed by atoms with E-state index in [2.05, 4.69) is 22.1 Å². The second-order valence-electron chi connectivity index (χ2n) is 5.78. The third-order valence-corrected chi connectivity index (χ3v) is 6.39. The second-order valence-corrected chi connectivity index (χ2v) is 8.02. The highest BCUT2D eigenvalue weighted by Crippen LogP contribution is 2.33. The van der Waals surface area contributed by atoms with E-state index < -0.39 is 0 Å². The van der Waals surface area contributed by atoms with Gasteiger partial charge in [0.1, 0.15) is 11.4 Å². The van der Waals surface area contributed by atoms with Crippen LogP contribution >= 0.6 is 23.1 Å². The fraction of sp³-hybridized carbons (Fsp3) is 0.278. The number of rotatable bonds is 4. The van der Waals surface area contributed by atoms with Gasteiger partial charge in [-0.2, -0.15) is 0 Å². The van der Waals surface area contributed by atoms with Crippen molar-refractivity contribution in [2.24, 2.45) is 0 Å². The van der Waals surface area contributed by atoms with Crippen molar-refractivity contribution >= 4 is 39.1 Å². The number of ketones is 1. The van der Waals surface area contributed by atoms with E-state index >= 15 is 0 Å². The molecule has 116 valence electrons. The van der Waals surface area contributed by atoms with Gasteiger partial charge in [-0.3, -0.25) is 4.79 Å². The zero-order valence-electron chi connectivity index (χ0n) is 12.8. The number of carbonyl (C=O) groups excluding carboxylic acids is 1. The van der Waals surface area contributed by atoms with Gasteiger partial charge in [-0.25, -0.2) is 9.97 Å². The van der Waals surface area contributed by atoms with Gasteiger partial charge in [0, 0.05) is 5.56 Å². The Morgan fingerprint density at radius 2 is 2.09 bits per heavy atom. The summed E-state index contributed by atoms with van der Waals surface area (Å²) in [6.07, 6.45) is 5.02. The van der Waals surface area contributed by atoms with Crippen molar-refractivity contribution in [3.63, 3.8) is 0 Å². The largest absolute Gasteiger partial charge is 0.293 e. The second kappa shape index (κ2) is 6.06. The Kier molecular flexibility index (Phi) is 3.91. The van der Waals surface area contributed by atoms with E-state index in [-0.39, 0.29) is 11.0 Å². The number of nitrogens with zero attached hydrogens (tertiary/aromatic N) is 2. The van der Waals surface area contributed by atoms with Crippen molar-refractivity contribution in [3.05, 3.63) is 52.7 Å². The van der Waals surface area contributed by atoms with Gasteiger partial charge in [0.25, 0.3) is 0 Å². The summed E-state index contributed by atoms with van der Waals surface area (Å²) in [7, 11) is 0. The maximum absolute atomic E-state index is 12.8. The maximum atomic E-state index is 12.8. The predicted octanol–water partition coefficient (Wildman–Crippen LogP) is 4.54.